The van der Waals surface area contributed by atoms with Crippen molar-refractivity contribution in [2.24, 2.45) is 0 Å². The topological polar surface area (TPSA) is 69.4 Å². The molecule has 2 rings (SSSR count). The minimum absolute atomic E-state index is 0.0176. The Hall–Kier alpha value is -2.69. The van der Waals surface area contributed by atoms with Crippen molar-refractivity contribution in [3.05, 3.63) is 70.3 Å². The van der Waals surface area contributed by atoms with Crippen molar-refractivity contribution < 1.29 is 14.5 Å². The van der Waals surface area contributed by atoms with E-state index in [9.17, 15) is 14.9 Å². The van der Waals surface area contributed by atoms with E-state index in [4.69, 9.17) is 4.74 Å². The Labute approximate surface area is 116 Å². The van der Waals surface area contributed by atoms with Gasteiger partial charge in [-0.15, -0.1) is 0 Å². The van der Waals surface area contributed by atoms with Crippen LogP contribution in [0, 0.1) is 10.1 Å². The lowest BCUT2D eigenvalue weighted by Crippen LogP contribution is -2.06. The number of hydrogen-bond donors (Lipinski definition) is 0. The predicted molar refractivity (Wildman–Crippen MR) is 74.0 cm³/mol. The van der Waals surface area contributed by atoms with Crippen LogP contribution in [0.4, 0.5) is 5.69 Å². The molecule has 0 N–H and O–H groups in total. The van der Waals surface area contributed by atoms with Crippen molar-refractivity contribution in [1.82, 2.24) is 0 Å². The summed E-state index contributed by atoms with van der Waals surface area (Å²) in [6.07, 6.45) is 0.229. The molecule has 0 spiro atoms. The van der Waals surface area contributed by atoms with Crippen molar-refractivity contribution in [3.63, 3.8) is 0 Å². The maximum atomic E-state index is 11.8. The first-order chi connectivity index (χ1) is 9.66. The van der Waals surface area contributed by atoms with Gasteiger partial charge in [0, 0.05) is 18.1 Å². The molecule has 2 aromatic rings. The fourth-order valence-corrected chi connectivity index (χ4v) is 1.72. The number of benzene rings is 2. The first-order valence-corrected chi connectivity index (χ1v) is 6.12. The highest BCUT2D eigenvalue weighted by Gasteiger charge is 2.08. The molecular formula is C15H13NO4. The lowest BCUT2D eigenvalue weighted by molar-refractivity contribution is -0.384. The molecule has 0 aromatic heterocycles. The minimum Gasteiger partial charge on any atom is -0.493 e. The molecule has 20 heavy (non-hydrogen) atoms. The smallest absolute Gasteiger partial charge is 0.273 e. The number of ketones is 1. The molecule has 0 aliphatic rings. The summed E-state index contributed by atoms with van der Waals surface area (Å²) < 4.78 is 5.36. The standard InChI is InChI=1S/C15H13NO4/c17-15(12-5-2-1-3-6-12)9-10-20-14-8-4-7-13(11-14)16(18)19/h1-8,11H,9-10H2. The van der Waals surface area contributed by atoms with Gasteiger partial charge in [0.25, 0.3) is 5.69 Å². The maximum absolute atomic E-state index is 11.8. The van der Waals surface area contributed by atoms with Gasteiger partial charge in [-0.25, -0.2) is 0 Å². The SMILES string of the molecule is O=C(CCOc1cccc([N+](=O)[O-])c1)c1ccccc1. The monoisotopic (exact) mass is 271 g/mol. The van der Waals surface area contributed by atoms with Crippen LogP contribution in [-0.4, -0.2) is 17.3 Å². The Bertz CT molecular complexity index is 610. The zero-order valence-electron chi connectivity index (χ0n) is 10.7. The fourth-order valence-electron chi connectivity index (χ4n) is 1.72. The zero-order chi connectivity index (χ0) is 14.4. The zero-order valence-corrected chi connectivity index (χ0v) is 10.7. The molecule has 0 saturated carbocycles. The second-order valence-electron chi connectivity index (χ2n) is 4.14. The van der Waals surface area contributed by atoms with Gasteiger partial charge >= 0.3 is 0 Å². The Balaban J connectivity index is 1.89. The summed E-state index contributed by atoms with van der Waals surface area (Å²) >= 11 is 0. The van der Waals surface area contributed by atoms with Gasteiger partial charge in [-0.1, -0.05) is 36.4 Å². The van der Waals surface area contributed by atoms with Gasteiger partial charge in [0.2, 0.25) is 0 Å². The number of carbonyl (C=O) groups is 1. The molecule has 5 heteroatoms. The lowest BCUT2D eigenvalue weighted by Gasteiger charge is -2.05. The second kappa shape index (κ2) is 6.47. The Morgan fingerprint density at radius 2 is 1.85 bits per heavy atom. The molecule has 0 aliphatic heterocycles. The number of rotatable bonds is 6. The van der Waals surface area contributed by atoms with E-state index in [1.807, 2.05) is 6.07 Å². The third kappa shape index (κ3) is 3.65. The third-order valence-electron chi connectivity index (χ3n) is 2.72. The molecule has 0 unspecified atom stereocenters. The fraction of sp³-hybridized carbons (Fsp3) is 0.133. The average Bonchev–Trinajstić information content (AvgIpc) is 2.48. The van der Waals surface area contributed by atoms with Crippen LogP contribution in [0.5, 0.6) is 5.75 Å². The normalized spacial score (nSPS) is 10.0. The Morgan fingerprint density at radius 1 is 1.10 bits per heavy atom. The largest absolute Gasteiger partial charge is 0.493 e. The molecule has 5 nitrogen and oxygen atoms in total. The number of Topliss-reactive ketones (excluding diaryl/α,β-unsaturated/α-hetero) is 1. The van der Waals surface area contributed by atoms with Crippen LogP contribution >= 0.6 is 0 Å². The third-order valence-corrected chi connectivity index (χ3v) is 2.72. The molecule has 0 atom stereocenters. The van der Waals surface area contributed by atoms with Gasteiger partial charge in [0.1, 0.15) is 5.75 Å². The van der Waals surface area contributed by atoms with Crippen LogP contribution in [0.15, 0.2) is 54.6 Å². The summed E-state index contributed by atoms with van der Waals surface area (Å²) in [6, 6.07) is 14.8. The molecule has 0 amide bonds. The van der Waals surface area contributed by atoms with Gasteiger partial charge in [-0.2, -0.15) is 0 Å². The number of nitro benzene ring substituents is 1. The van der Waals surface area contributed by atoms with Gasteiger partial charge < -0.3 is 4.74 Å². The van der Waals surface area contributed by atoms with E-state index >= 15 is 0 Å². The number of ether oxygens (including phenoxy) is 1. The highest BCUT2D eigenvalue weighted by molar-refractivity contribution is 5.96. The van der Waals surface area contributed by atoms with Crippen molar-refractivity contribution in [3.8, 4) is 5.75 Å². The number of nitrogens with zero attached hydrogens (tertiary/aromatic N) is 1. The van der Waals surface area contributed by atoms with E-state index < -0.39 is 4.92 Å². The van der Waals surface area contributed by atoms with Gasteiger partial charge in [-0.05, 0) is 6.07 Å². The molecular weight excluding hydrogens is 258 g/mol. The van der Waals surface area contributed by atoms with E-state index in [-0.39, 0.29) is 24.5 Å². The molecule has 0 aliphatic carbocycles. The highest BCUT2D eigenvalue weighted by Crippen LogP contribution is 2.19. The van der Waals surface area contributed by atoms with Crippen LogP contribution in [0.25, 0.3) is 0 Å². The van der Waals surface area contributed by atoms with Crippen LogP contribution in [0.2, 0.25) is 0 Å². The summed E-state index contributed by atoms with van der Waals surface area (Å²) in [5, 5.41) is 10.6. The molecule has 2 aromatic carbocycles. The molecule has 102 valence electrons. The number of carbonyl (C=O) groups excluding carboxylic acids is 1. The van der Waals surface area contributed by atoms with E-state index in [1.54, 1.807) is 36.4 Å². The van der Waals surface area contributed by atoms with Crippen LogP contribution < -0.4 is 4.74 Å². The number of non-ortho nitro benzene ring substituents is 1. The quantitative estimate of drug-likeness (QED) is 0.459. The summed E-state index contributed by atoms with van der Waals surface area (Å²) in [6.45, 7) is 0.189. The second-order valence-corrected chi connectivity index (χ2v) is 4.14. The first-order valence-electron chi connectivity index (χ1n) is 6.12. The van der Waals surface area contributed by atoms with E-state index in [2.05, 4.69) is 0 Å². The number of nitro groups is 1. The van der Waals surface area contributed by atoms with Gasteiger partial charge in [0.05, 0.1) is 17.6 Å². The summed E-state index contributed by atoms with van der Waals surface area (Å²) in [5.74, 6) is 0.371. The van der Waals surface area contributed by atoms with E-state index in [1.165, 1.54) is 12.1 Å². The molecule has 0 saturated heterocycles. The Kier molecular flexibility index (Phi) is 4.44. The van der Waals surface area contributed by atoms with Gasteiger partial charge in [0.15, 0.2) is 5.78 Å². The maximum Gasteiger partial charge on any atom is 0.273 e. The average molecular weight is 271 g/mol. The summed E-state index contributed by atoms with van der Waals surface area (Å²) in [7, 11) is 0. The molecule has 0 bridgehead atoms. The molecule has 0 heterocycles. The number of hydrogen-bond acceptors (Lipinski definition) is 4. The van der Waals surface area contributed by atoms with E-state index in [0.717, 1.165) is 0 Å². The molecule has 0 radical (unpaired) electrons. The highest BCUT2D eigenvalue weighted by atomic mass is 16.6. The minimum atomic E-state index is -0.484. The first kappa shape index (κ1) is 13.7. The van der Waals surface area contributed by atoms with Crippen LogP contribution in [0.3, 0.4) is 0 Å². The van der Waals surface area contributed by atoms with Crippen LogP contribution in [0.1, 0.15) is 16.8 Å². The predicted octanol–water partition coefficient (Wildman–Crippen LogP) is 3.25. The Morgan fingerprint density at radius 3 is 2.55 bits per heavy atom. The van der Waals surface area contributed by atoms with Crippen LogP contribution in [-0.2, 0) is 0 Å². The molecule has 0 fully saturated rings. The van der Waals surface area contributed by atoms with Crippen molar-refractivity contribution in [2.45, 2.75) is 6.42 Å². The van der Waals surface area contributed by atoms with Crippen molar-refractivity contribution in [1.29, 1.82) is 0 Å². The van der Waals surface area contributed by atoms with Crippen molar-refractivity contribution >= 4 is 11.5 Å². The van der Waals surface area contributed by atoms with E-state index in [0.29, 0.717) is 11.3 Å². The summed E-state index contributed by atoms with van der Waals surface area (Å²) in [4.78, 5) is 22.0. The van der Waals surface area contributed by atoms with Crippen molar-refractivity contribution in [2.75, 3.05) is 6.61 Å². The van der Waals surface area contributed by atoms with Gasteiger partial charge in [-0.3, -0.25) is 14.9 Å². The lowest BCUT2D eigenvalue weighted by atomic mass is 10.1. The summed E-state index contributed by atoms with van der Waals surface area (Å²) in [5.41, 5.74) is 0.604.